The van der Waals surface area contributed by atoms with Crippen LogP contribution in [0.5, 0.6) is 5.75 Å². The lowest BCUT2D eigenvalue weighted by atomic mass is 10.1. The highest BCUT2D eigenvalue weighted by molar-refractivity contribution is 5.76. The first-order valence-corrected chi connectivity index (χ1v) is 7.46. The zero-order valence-electron chi connectivity index (χ0n) is 12.6. The van der Waals surface area contributed by atoms with Gasteiger partial charge < -0.3 is 15.4 Å². The summed E-state index contributed by atoms with van der Waals surface area (Å²) >= 11 is 0. The lowest BCUT2D eigenvalue weighted by molar-refractivity contribution is -0.121. The van der Waals surface area contributed by atoms with Crippen LogP contribution in [0.25, 0.3) is 0 Å². The van der Waals surface area contributed by atoms with E-state index in [2.05, 4.69) is 10.6 Å². The van der Waals surface area contributed by atoms with Gasteiger partial charge in [0.1, 0.15) is 11.6 Å². The Morgan fingerprint density at radius 1 is 1.48 bits per heavy atom. The number of halogens is 1. The third-order valence-corrected chi connectivity index (χ3v) is 3.65. The van der Waals surface area contributed by atoms with Gasteiger partial charge in [-0.3, -0.25) is 4.79 Å². The summed E-state index contributed by atoms with van der Waals surface area (Å²) in [5.41, 5.74) is 0.609. The third kappa shape index (κ3) is 5.01. The summed E-state index contributed by atoms with van der Waals surface area (Å²) in [6, 6.07) is 5.18. The first-order chi connectivity index (χ1) is 10.1. The molecule has 0 aromatic heterocycles. The molecule has 1 unspecified atom stereocenters. The summed E-state index contributed by atoms with van der Waals surface area (Å²) in [5.74, 6) is 0.351. The molecular formula is C16H23FN2O2. The van der Waals surface area contributed by atoms with Gasteiger partial charge in [-0.1, -0.05) is 6.07 Å². The maximum absolute atomic E-state index is 13.9. The predicted molar refractivity (Wildman–Crippen MR) is 79.8 cm³/mol. The van der Waals surface area contributed by atoms with Crippen LogP contribution in [0.2, 0.25) is 0 Å². The van der Waals surface area contributed by atoms with Crippen molar-refractivity contribution in [2.75, 3.05) is 13.7 Å². The fourth-order valence-corrected chi connectivity index (χ4v) is 2.19. The Hall–Kier alpha value is -1.62. The minimum Gasteiger partial charge on any atom is -0.497 e. The van der Waals surface area contributed by atoms with E-state index < -0.39 is 0 Å². The highest BCUT2D eigenvalue weighted by atomic mass is 19.1. The van der Waals surface area contributed by atoms with E-state index in [0.29, 0.717) is 30.3 Å². The molecule has 1 aromatic carbocycles. The normalized spacial score (nSPS) is 15.6. The summed E-state index contributed by atoms with van der Waals surface area (Å²) in [4.78, 5) is 11.5. The smallest absolute Gasteiger partial charge is 0.220 e. The lowest BCUT2D eigenvalue weighted by Gasteiger charge is -2.15. The van der Waals surface area contributed by atoms with Crippen molar-refractivity contribution in [3.05, 3.63) is 29.6 Å². The van der Waals surface area contributed by atoms with Crippen LogP contribution in [-0.2, 0) is 4.79 Å². The van der Waals surface area contributed by atoms with E-state index in [-0.39, 0.29) is 17.8 Å². The molecule has 1 amide bonds. The van der Waals surface area contributed by atoms with E-state index in [1.165, 1.54) is 13.2 Å². The number of hydrogen-bond acceptors (Lipinski definition) is 3. The topological polar surface area (TPSA) is 50.4 Å². The van der Waals surface area contributed by atoms with Crippen LogP contribution in [0.4, 0.5) is 4.39 Å². The van der Waals surface area contributed by atoms with Gasteiger partial charge in [-0.25, -0.2) is 4.39 Å². The van der Waals surface area contributed by atoms with E-state index in [1.54, 1.807) is 12.1 Å². The van der Waals surface area contributed by atoms with Crippen molar-refractivity contribution in [2.45, 2.75) is 44.7 Å². The van der Waals surface area contributed by atoms with Gasteiger partial charge in [0, 0.05) is 30.1 Å². The second kappa shape index (κ2) is 7.41. The summed E-state index contributed by atoms with van der Waals surface area (Å²) in [5, 5.41) is 6.20. The van der Waals surface area contributed by atoms with E-state index in [9.17, 15) is 9.18 Å². The van der Waals surface area contributed by atoms with Crippen LogP contribution in [0.1, 0.15) is 44.2 Å². The molecule has 1 aliphatic carbocycles. The average Bonchev–Trinajstić information content (AvgIpc) is 3.27. The molecule has 4 nitrogen and oxygen atoms in total. The second-order valence-electron chi connectivity index (χ2n) is 5.51. The van der Waals surface area contributed by atoms with Crippen LogP contribution < -0.4 is 15.4 Å². The van der Waals surface area contributed by atoms with Crippen LogP contribution in [0.3, 0.4) is 0 Å². The van der Waals surface area contributed by atoms with Gasteiger partial charge in [0.2, 0.25) is 5.91 Å². The zero-order chi connectivity index (χ0) is 15.2. The minimum atomic E-state index is -0.277. The van der Waals surface area contributed by atoms with Gasteiger partial charge in [-0.05, 0) is 38.8 Å². The molecular weight excluding hydrogens is 271 g/mol. The van der Waals surface area contributed by atoms with Gasteiger partial charge in [0.25, 0.3) is 0 Å². The number of ether oxygens (including phenoxy) is 1. The number of nitrogens with one attached hydrogen (secondary N) is 2. The number of amides is 1. The predicted octanol–water partition coefficient (Wildman–Crippen LogP) is 2.54. The van der Waals surface area contributed by atoms with E-state index in [0.717, 1.165) is 19.3 Å². The molecule has 21 heavy (non-hydrogen) atoms. The van der Waals surface area contributed by atoms with Crippen molar-refractivity contribution in [1.29, 1.82) is 0 Å². The number of methoxy groups -OCH3 is 1. The van der Waals surface area contributed by atoms with E-state index in [4.69, 9.17) is 4.74 Å². The second-order valence-corrected chi connectivity index (χ2v) is 5.51. The molecule has 0 bridgehead atoms. The number of carbonyl (C=O) groups is 1. The Labute approximate surface area is 125 Å². The van der Waals surface area contributed by atoms with Gasteiger partial charge in [-0.15, -0.1) is 0 Å². The molecule has 0 spiro atoms. The van der Waals surface area contributed by atoms with Crippen LogP contribution in [0, 0.1) is 5.82 Å². The van der Waals surface area contributed by atoms with E-state index in [1.807, 2.05) is 6.92 Å². The van der Waals surface area contributed by atoms with Crippen molar-refractivity contribution in [3.8, 4) is 5.75 Å². The van der Waals surface area contributed by atoms with Crippen molar-refractivity contribution in [1.82, 2.24) is 10.6 Å². The Balaban J connectivity index is 1.71. The van der Waals surface area contributed by atoms with Gasteiger partial charge in [-0.2, -0.15) is 0 Å². The fourth-order valence-electron chi connectivity index (χ4n) is 2.19. The standard InChI is InChI=1S/C16H23FN2O2/c1-11(14-8-7-13(21-2)10-15(14)17)18-9-3-4-16(20)19-12-5-6-12/h7-8,10-12,18H,3-6,9H2,1-2H3,(H,19,20). The van der Waals surface area contributed by atoms with Crippen LogP contribution >= 0.6 is 0 Å². The molecule has 1 aromatic rings. The molecule has 5 heteroatoms. The molecule has 116 valence electrons. The van der Waals surface area contributed by atoms with Gasteiger partial charge in [0.15, 0.2) is 0 Å². The largest absolute Gasteiger partial charge is 0.497 e. The first-order valence-electron chi connectivity index (χ1n) is 7.46. The number of rotatable bonds is 8. The molecule has 1 aliphatic rings. The number of carbonyl (C=O) groups excluding carboxylic acids is 1. The van der Waals surface area contributed by atoms with E-state index >= 15 is 0 Å². The van der Waals surface area contributed by atoms with Gasteiger partial charge in [0.05, 0.1) is 7.11 Å². The Morgan fingerprint density at radius 3 is 2.86 bits per heavy atom. The van der Waals surface area contributed by atoms with Gasteiger partial charge >= 0.3 is 0 Å². The highest BCUT2D eigenvalue weighted by Gasteiger charge is 2.22. The minimum absolute atomic E-state index is 0.0950. The fraction of sp³-hybridized carbons (Fsp3) is 0.562. The third-order valence-electron chi connectivity index (χ3n) is 3.65. The van der Waals surface area contributed by atoms with Crippen molar-refractivity contribution in [3.63, 3.8) is 0 Å². The lowest BCUT2D eigenvalue weighted by Crippen LogP contribution is -2.27. The molecule has 0 aliphatic heterocycles. The Kier molecular flexibility index (Phi) is 5.56. The summed E-state index contributed by atoms with van der Waals surface area (Å²) in [6.45, 7) is 2.60. The molecule has 2 rings (SSSR count). The molecule has 2 N–H and O–H groups in total. The number of hydrogen-bond donors (Lipinski definition) is 2. The van der Waals surface area contributed by atoms with Crippen molar-refractivity contribution < 1.29 is 13.9 Å². The van der Waals surface area contributed by atoms with Crippen LogP contribution in [0.15, 0.2) is 18.2 Å². The maximum Gasteiger partial charge on any atom is 0.220 e. The highest BCUT2D eigenvalue weighted by Crippen LogP contribution is 2.21. The summed E-state index contributed by atoms with van der Waals surface area (Å²) < 4.78 is 18.9. The van der Waals surface area contributed by atoms with Crippen molar-refractivity contribution >= 4 is 5.91 Å². The average molecular weight is 294 g/mol. The maximum atomic E-state index is 13.9. The quantitative estimate of drug-likeness (QED) is 0.724. The SMILES string of the molecule is COc1ccc(C(C)NCCCC(=O)NC2CC2)c(F)c1. The molecule has 1 atom stereocenters. The Bertz CT molecular complexity index is 489. The van der Waals surface area contributed by atoms with Crippen molar-refractivity contribution in [2.24, 2.45) is 0 Å². The molecule has 0 saturated heterocycles. The van der Waals surface area contributed by atoms with Crippen LogP contribution in [-0.4, -0.2) is 25.6 Å². The summed E-state index contributed by atoms with van der Waals surface area (Å²) in [7, 11) is 1.52. The number of benzene rings is 1. The first kappa shape index (κ1) is 15.8. The monoisotopic (exact) mass is 294 g/mol. The molecule has 0 radical (unpaired) electrons. The zero-order valence-corrected chi connectivity index (χ0v) is 12.6. The molecule has 0 heterocycles. The molecule has 1 fully saturated rings. The molecule has 1 saturated carbocycles. The summed E-state index contributed by atoms with van der Waals surface area (Å²) in [6.07, 6.45) is 3.48. The Morgan fingerprint density at radius 2 is 2.24 bits per heavy atom.